The molecular formula is C29H24N4. The van der Waals surface area contributed by atoms with E-state index in [1.807, 2.05) is 78.1 Å². The van der Waals surface area contributed by atoms with Gasteiger partial charge >= 0.3 is 0 Å². The molecule has 4 heteroatoms. The molecule has 0 bridgehead atoms. The normalized spacial score (nSPS) is 11.3. The fraction of sp³-hybridized carbons (Fsp3) is 0.0345. The zero-order chi connectivity index (χ0) is 22.3. The number of nitrogens with zero attached hydrogens (tertiary/aromatic N) is 4. The monoisotopic (exact) mass is 428 g/mol. The number of aromatic nitrogens is 2. The second kappa shape index (κ2) is 9.79. The molecule has 0 fully saturated rings. The number of anilines is 1. The summed E-state index contributed by atoms with van der Waals surface area (Å²) in [5, 5.41) is 6.95. The molecule has 160 valence electrons. The second-order valence-electron chi connectivity index (χ2n) is 7.68. The van der Waals surface area contributed by atoms with E-state index in [0.717, 1.165) is 22.6 Å². The number of para-hydroxylation sites is 2. The first-order chi connectivity index (χ1) is 16.4. The molecule has 5 rings (SSSR count). The Balaban J connectivity index is 1.63. The van der Waals surface area contributed by atoms with Crippen LogP contribution in [0.2, 0.25) is 0 Å². The zero-order valence-electron chi connectivity index (χ0n) is 18.2. The van der Waals surface area contributed by atoms with Crippen LogP contribution in [0.4, 0.5) is 5.69 Å². The SMILES string of the molecule is c1ccc(CN(N=c2cc(-c3ccccc3)n(-c3ccccc3)cn2)c2ccccc2)cc1. The lowest BCUT2D eigenvalue weighted by Gasteiger charge is -2.19. The van der Waals surface area contributed by atoms with Gasteiger partial charge in [-0.05, 0) is 35.4 Å². The molecule has 33 heavy (non-hydrogen) atoms. The van der Waals surface area contributed by atoms with Crippen molar-refractivity contribution in [1.82, 2.24) is 9.55 Å². The van der Waals surface area contributed by atoms with E-state index in [1.54, 1.807) is 0 Å². The Bertz CT molecular complexity index is 1360. The molecule has 5 aromatic rings. The third-order valence-electron chi connectivity index (χ3n) is 5.39. The summed E-state index contributed by atoms with van der Waals surface area (Å²) >= 11 is 0. The van der Waals surface area contributed by atoms with Crippen LogP contribution in [0.25, 0.3) is 16.9 Å². The third kappa shape index (κ3) is 4.91. The zero-order valence-corrected chi connectivity index (χ0v) is 18.2. The van der Waals surface area contributed by atoms with Gasteiger partial charge < -0.3 is 4.57 Å². The van der Waals surface area contributed by atoms with Gasteiger partial charge in [-0.2, -0.15) is 5.10 Å². The smallest absolute Gasteiger partial charge is 0.175 e. The number of rotatable bonds is 6. The molecule has 0 aliphatic rings. The predicted octanol–water partition coefficient (Wildman–Crippen LogP) is 6.06. The first kappa shape index (κ1) is 20.5. The highest BCUT2D eigenvalue weighted by atomic mass is 15.5. The summed E-state index contributed by atoms with van der Waals surface area (Å²) in [6, 6.07) is 43.2. The summed E-state index contributed by atoms with van der Waals surface area (Å²) in [7, 11) is 0. The highest BCUT2D eigenvalue weighted by Crippen LogP contribution is 2.21. The van der Waals surface area contributed by atoms with Gasteiger partial charge in [0.25, 0.3) is 0 Å². The van der Waals surface area contributed by atoms with Crippen molar-refractivity contribution in [1.29, 1.82) is 0 Å². The first-order valence-corrected chi connectivity index (χ1v) is 11.0. The van der Waals surface area contributed by atoms with Crippen LogP contribution in [-0.4, -0.2) is 9.55 Å². The highest BCUT2D eigenvalue weighted by Gasteiger charge is 2.09. The molecule has 0 N–H and O–H groups in total. The molecule has 0 spiro atoms. The minimum absolute atomic E-state index is 0.654. The minimum atomic E-state index is 0.654. The molecule has 0 saturated carbocycles. The molecule has 0 radical (unpaired) electrons. The predicted molar refractivity (Wildman–Crippen MR) is 134 cm³/mol. The summed E-state index contributed by atoms with van der Waals surface area (Å²) < 4.78 is 2.10. The van der Waals surface area contributed by atoms with E-state index in [4.69, 9.17) is 10.1 Å². The summed E-state index contributed by atoms with van der Waals surface area (Å²) in [6.07, 6.45) is 1.85. The molecule has 0 saturated heterocycles. The van der Waals surface area contributed by atoms with Gasteiger partial charge in [0.2, 0.25) is 0 Å². The number of hydrogen-bond donors (Lipinski definition) is 0. The molecular weight excluding hydrogens is 404 g/mol. The summed E-state index contributed by atoms with van der Waals surface area (Å²) in [6.45, 7) is 0.654. The van der Waals surface area contributed by atoms with Gasteiger partial charge in [0.1, 0.15) is 6.33 Å². The summed E-state index contributed by atoms with van der Waals surface area (Å²) in [5.41, 5.74) is 6.05. The van der Waals surface area contributed by atoms with Gasteiger partial charge in [0.05, 0.1) is 17.9 Å². The van der Waals surface area contributed by atoms with Crippen molar-refractivity contribution in [2.45, 2.75) is 6.54 Å². The fourth-order valence-corrected chi connectivity index (χ4v) is 3.75. The van der Waals surface area contributed by atoms with Crippen LogP contribution in [0.1, 0.15) is 5.56 Å². The van der Waals surface area contributed by atoms with Crippen LogP contribution in [-0.2, 0) is 6.54 Å². The fourth-order valence-electron chi connectivity index (χ4n) is 3.75. The largest absolute Gasteiger partial charge is 0.300 e. The third-order valence-corrected chi connectivity index (χ3v) is 5.39. The van der Waals surface area contributed by atoms with E-state index in [2.05, 4.69) is 65.2 Å². The summed E-state index contributed by atoms with van der Waals surface area (Å²) in [4.78, 5) is 4.70. The maximum atomic E-state index is 4.95. The minimum Gasteiger partial charge on any atom is -0.300 e. The Kier molecular flexibility index (Phi) is 6.07. The molecule has 0 amide bonds. The Labute approximate surface area is 193 Å². The first-order valence-electron chi connectivity index (χ1n) is 11.0. The van der Waals surface area contributed by atoms with E-state index in [0.29, 0.717) is 12.0 Å². The quantitative estimate of drug-likeness (QED) is 0.308. The lowest BCUT2D eigenvalue weighted by Crippen LogP contribution is -2.23. The Morgan fingerprint density at radius 2 is 1.24 bits per heavy atom. The van der Waals surface area contributed by atoms with Crippen molar-refractivity contribution < 1.29 is 0 Å². The van der Waals surface area contributed by atoms with Crippen LogP contribution in [0, 0.1) is 0 Å². The standard InChI is InChI=1S/C29H24N4/c1-5-13-24(14-6-1)22-33(27-19-11-4-12-20-27)31-29-21-28(25-15-7-2-8-16-25)32(23-30-29)26-17-9-3-10-18-26/h1-21,23H,22H2. The van der Waals surface area contributed by atoms with Crippen molar-refractivity contribution in [3.05, 3.63) is 145 Å². The van der Waals surface area contributed by atoms with Crippen LogP contribution < -0.4 is 10.5 Å². The summed E-state index contributed by atoms with van der Waals surface area (Å²) in [5.74, 6) is 0. The molecule has 1 heterocycles. The van der Waals surface area contributed by atoms with E-state index in [1.165, 1.54) is 5.56 Å². The lowest BCUT2D eigenvalue weighted by atomic mass is 10.1. The average molecular weight is 429 g/mol. The average Bonchev–Trinajstić information content (AvgIpc) is 2.90. The molecule has 0 aliphatic heterocycles. The topological polar surface area (TPSA) is 33.4 Å². The molecule has 1 aromatic heterocycles. The van der Waals surface area contributed by atoms with Crippen molar-refractivity contribution >= 4 is 5.69 Å². The van der Waals surface area contributed by atoms with Gasteiger partial charge in [-0.15, -0.1) is 0 Å². The van der Waals surface area contributed by atoms with Crippen LogP contribution >= 0.6 is 0 Å². The van der Waals surface area contributed by atoms with Crippen molar-refractivity contribution in [2.75, 3.05) is 5.01 Å². The lowest BCUT2D eigenvalue weighted by molar-refractivity contribution is 0.805. The van der Waals surface area contributed by atoms with Gasteiger partial charge in [0.15, 0.2) is 5.49 Å². The molecule has 0 atom stereocenters. The Hall–Kier alpha value is -4.44. The molecule has 0 aliphatic carbocycles. The van der Waals surface area contributed by atoms with Crippen LogP contribution in [0.5, 0.6) is 0 Å². The van der Waals surface area contributed by atoms with Gasteiger partial charge in [-0.25, -0.2) is 4.98 Å². The highest BCUT2D eigenvalue weighted by molar-refractivity contribution is 5.61. The Morgan fingerprint density at radius 1 is 0.667 bits per heavy atom. The van der Waals surface area contributed by atoms with Gasteiger partial charge in [0, 0.05) is 11.8 Å². The van der Waals surface area contributed by atoms with Crippen molar-refractivity contribution in [3.63, 3.8) is 0 Å². The molecule has 4 nitrogen and oxygen atoms in total. The maximum Gasteiger partial charge on any atom is 0.175 e. The molecule has 0 unspecified atom stereocenters. The van der Waals surface area contributed by atoms with Crippen molar-refractivity contribution in [3.8, 4) is 16.9 Å². The van der Waals surface area contributed by atoms with E-state index in [-0.39, 0.29) is 0 Å². The number of hydrogen-bond acceptors (Lipinski definition) is 3. The number of benzene rings is 4. The van der Waals surface area contributed by atoms with Crippen LogP contribution in [0.15, 0.2) is 139 Å². The van der Waals surface area contributed by atoms with Crippen LogP contribution in [0.3, 0.4) is 0 Å². The second-order valence-corrected chi connectivity index (χ2v) is 7.68. The Morgan fingerprint density at radius 3 is 1.91 bits per heavy atom. The molecule has 4 aromatic carbocycles. The van der Waals surface area contributed by atoms with E-state index >= 15 is 0 Å². The van der Waals surface area contributed by atoms with E-state index < -0.39 is 0 Å². The maximum absolute atomic E-state index is 4.95. The van der Waals surface area contributed by atoms with E-state index in [9.17, 15) is 0 Å². The van der Waals surface area contributed by atoms with Gasteiger partial charge in [-0.1, -0.05) is 97.1 Å². The van der Waals surface area contributed by atoms with Gasteiger partial charge in [-0.3, -0.25) is 5.01 Å². The van der Waals surface area contributed by atoms with Crippen molar-refractivity contribution in [2.24, 2.45) is 5.10 Å².